The molecular weight excluding hydrogens is 400 g/mol. The second-order valence-corrected chi connectivity index (χ2v) is 8.33. The van der Waals surface area contributed by atoms with E-state index in [0.29, 0.717) is 24.4 Å². The molecule has 0 aliphatic carbocycles. The Morgan fingerprint density at radius 3 is 2.38 bits per heavy atom. The number of benzene rings is 2. The Bertz CT molecular complexity index is 1100. The van der Waals surface area contributed by atoms with Crippen LogP contribution in [0.2, 0.25) is 0 Å². The van der Waals surface area contributed by atoms with E-state index in [9.17, 15) is 4.79 Å². The zero-order valence-corrected chi connectivity index (χ0v) is 19.3. The zero-order valence-electron chi connectivity index (χ0n) is 19.3. The summed E-state index contributed by atoms with van der Waals surface area (Å²) in [6, 6.07) is 16.0. The van der Waals surface area contributed by atoms with Gasteiger partial charge in [0.05, 0.1) is 7.11 Å². The van der Waals surface area contributed by atoms with Crippen LogP contribution >= 0.6 is 0 Å². The predicted molar refractivity (Wildman–Crippen MR) is 127 cm³/mol. The van der Waals surface area contributed by atoms with E-state index < -0.39 is 0 Å². The topological polar surface area (TPSA) is 58.6 Å². The van der Waals surface area contributed by atoms with Crippen LogP contribution in [-0.2, 0) is 6.42 Å². The Morgan fingerprint density at radius 2 is 1.69 bits per heavy atom. The third kappa shape index (κ3) is 4.74. The summed E-state index contributed by atoms with van der Waals surface area (Å²) in [5.41, 5.74) is 5.34. The van der Waals surface area contributed by atoms with E-state index in [1.54, 1.807) is 13.2 Å². The summed E-state index contributed by atoms with van der Waals surface area (Å²) in [5, 5.41) is 0. The van der Waals surface area contributed by atoms with Crippen LogP contribution in [0.3, 0.4) is 0 Å². The van der Waals surface area contributed by atoms with Gasteiger partial charge in [0.15, 0.2) is 0 Å². The molecule has 1 fully saturated rings. The molecule has 0 unspecified atom stereocenters. The lowest BCUT2D eigenvalue weighted by Gasteiger charge is -2.36. The van der Waals surface area contributed by atoms with Gasteiger partial charge in [-0.15, -0.1) is 0 Å². The van der Waals surface area contributed by atoms with Gasteiger partial charge in [0, 0.05) is 49.4 Å². The van der Waals surface area contributed by atoms with E-state index in [1.165, 1.54) is 11.1 Å². The van der Waals surface area contributed by atoms with Crippen molar-refractivity contribution >= 4 is 11.7 Å². The molecule has 2 aromatic carbocycles. The Hall–Kier alpha value is -3.41. The molecule has 0 radical (unpaired) electrons. The molecule has 0 spiro atoms. The van der Waals surface area contributed by atoms with E-state index in [0.717, 1.165) is 42.4 Å². The number of aromatic nitrogens is 2. The number of piperazine rings is 1. The van der Waals surface area contributed by atoms with Crippen molar-refractivity contribution in [3.05, 3.63) is 82.3 Å². The van der Waals surface area contributed by atoms with E-state index in [-0.39, 0.29) is 5.91 Å². The van der Waals surface area contributed by atoms with Crippen molar-refractivity contribution in [1.82, 2.24) is 14.9 Å². The summed E-state index contributed by atoms with van der Waals surface area (Å²) in [6.07, 6.45) is 0.796. The minimum atomic E-state index is 0.0403. The zero-order chi connectivity index (χ0) is 22.7. The SMILES string of the molecule is COc1cccc(C(=O)N2CCN(c3nc(C)nc(C)c3Cc3ccc(C)cc3)CC2)c1. The van der Waals surface area contributed by atoms with Crippen LogP contribution in [0.5, 0.6) is 5.75 Å². The first kappa shape index (κ1) is 21.8. The number of hydrogen-bond donors (Lipinski definition) is 0. The number of nitrogens with zero attached hydrogens (tertiary/aromatic N) is 4. The largest absolute Gasteiger partial charge is 0.497 e. The van der Waals surface area contributed by atoms with Crippen LogP contribution in [0, 0.1) is 20.8 Å². The minimum absolute atomic E-state index is 0.0403. The van der Waals surface area contributed by atoms with E-state index in [1.807, 2.05) is 30.0 Å². The molecule has 0 N–H and O–H groups in total. The van der Waals surface area contributed by atoms with Gasteiger partial charge in [0.2, 0.25) is 0 Å². The van der Waals surface area contributed by atoms with Gasteiger partial charge in [-0.3, -0.25) is 4.79 Å². The van der Waals surface area contributed by atoms with E-state index in [2.05, 4.69) is 48.0 Å². The van der Waals surface area contributed by atoms with Crippen molar-refractivity contribution in [3.8, 4) is 5.75 Å². The third-order valence-corrected chi connectivity index (χ3v) is 5.99. The van der Waals surface area contributed by atoms with Crippen LogP contribution in [-0.4, -0.2) is 54.1 Å². The van der Waals surface area contributed by atoms with Gasteiger partial charge in [-0.2, -0.15) is 0 Å². The highest BCUT2D eigenvalue weighted by Gasteiger charge is 2.25. The van der Waals surface area contributed by atoms with Crippen molar-refractivity contribution in [1.29, 1.82) is 0 Å². The number of amides is 1. The molecule has 2 heterocycles. The molecule has 0 bridgehead atoms. The number of carbonyl (C=O) groups is 1. The number of ether oxygens (including phenoxy) is 1. The number of carbonyl (C=O) groups excluding carboxylic acids is 1. The highest BCUT2D eigenvalue weighted by Crippen LogP contribution is 2.26. The van der Waals surface area contributed by atoms with Crippen molar-refractivity contribution < 1.29 is 9.53 Å². The Kier molecular flexibility index (Phi) is 6.40. The average molecular weight is 431 g/mol. The molecule has 32 heavy (non-hydrogen) atoms. The first-order valence-corrected chi connectivity index (χ1v) is 11.0. The molecule has 0 saturated carbocycles. The quantitative estimate of drug-likeness (QED) is 0.613. The highest BCUT2D eigenvalue weighted by atomic mass is 16.5. The first-order chi connectivity index (χ1) is 15.4. The lowest BCUT2D eigenvalue weighted by atomic mass is 10.0. The lowest BCUT2D eigenvalue weighted by Crippen LogP contribution is -2.49. The van der Waals surface area contributed by atoms with Gasteiger partial charge in [-0.05, 0) is 44.5 Å². The van der Waals surface area contributed by atoms with E-state index >= 15 is 0 Å². The lowest BCUT2D eigenvalue weighted by molar-refractivity contribution is 0.0746. The number of hydrogen-bond acceptors (Lipinski definition) is 5. The minimum Gasteiger partial charge on any atom is -0.497 e. The summed E-state index contributed by atoms with van der Waals surface area (Å²) < 4.78 is 5.26. The highest BCUT2D eigenvalue weighted by molar-refractivity contribution is 5.94. The first-order valence-electron chi connectivity index (χ1n) is 11.0. The third-order valence-electron chi connectivity index (χ3n) is 5.99. The summed E-state index contributed by atoms with van der Waals surface area (Å²) in [5.74, 6) is 2.50. The van der Waals surface area contributed by atoms with Crippen molar-refractivity contribution in [2.24, 2.45) is 0 Å². The fourth-order valence-corrected chi connectivity index (χ4v) is 4.16. The number of methoxy groups -OCH3 is 1. The maximum absolute atomic E-state index is 13.0. The summed E-state index contributed by atoms with van der Waals surface area (Å²) >= 11 is 0. The second kappa shape index (κ2) is 9.39. The normalized spacial score (nSPS) is 13.9. The molecule has 0 atom stereocenters. The smallest absolute Gasteiger partial charge is 0.254 e. The molecule has 1 aliphatic rings. The molecule has 1 saturated heterocycles. The van der Waals surface area contributed by atoms with Crippen molar-refractivity contribution in [2.45, 2.75) is 27.2 Å². The molecule has 1 amide bonds. The molecule has 4 rings (SSSR count). The van der Waals surface area contributed by atoms with Gasteiger partial charge >= 0.3 is 0 Å². The summed E-state index contributed by atoms with van der Waals surface area (Å²) in [6.45, 7) is 8.89. The molecule has 166 valence electrons. The summed E-state index contributed by atoms with van der Waals surface area (Å²) in [4.78, 5) is 26.6. The summed E-state index contributed by atoms with van der Waals surface area (Å²) in [7, 11) is 1.61. The Balaban J connectivity index is 1.51. The van der Waals surface area contributed by atoms with Crippen LogP contribution in [0.15, 0.2) is 48.5 Å². The average Bonchev–Trinajstić information content (AvgIpc) is 2.81. The van der Waals surface area contributed by atoms with Crippen LogP contribution in [0.1, 0.15) is 38.6 Å². The van der Waals surface area contributed by atoms with Crippen molar-refractivity contribution in [2.75, 3.05) is 38.2 Å². The molecule has 6 nitrogen and oxygen atoms in total. The van der Waals surface area contributed by atoms with Gasteiger partial charge in [0.1, 0.15) is 17.4 Å². The maximum atomic E-state index is 13.0. The van der Waals surface area contributed by atoms with Gasteiger partial charge < -0.3 is 14.5 Å². The van der Waals surface area contributed by atoms with E-state index in [4.69, 9.17) is 9.72 Å². The number of aryl methyl sites for hydroxylation is 3. The van der Waals surface area contributed by atoms with Crippen LogP contribution < -0.4 is 9.64 Å². The fraction of sp³-hybridized carbons (Fsp3) is 0.346. The molecule has 3 aromatic rings. The maximum Gasteiger partial charge on any atom is 0.254 e. The molecule has 6 heteroatoms. The Labute approximate surface area is 189 Å². The van der Waals surface area contributed by atoms with Gasteiger partial charge in [0.25, 0.3) is 5.91 Å². The number of rotatable bonds is 5. The second-order valence-electron chi connectivity index (χ2n) is 8.33. The van der Waals surface area contributed by atoms with Crippen LogP contribution in [0.25, 0.3) is 0 Å². The van der Waals surface area contributed by atoms with Crippen LogP contribution in [0.4, 0.5) is 5.82 Å². The van der Waals surface area contributed by atoms with Gasteiger partial charge in [-0.25, -0.2) is 9.97 Å². The fourth-order valence-electron chi connectivity index (χ4n) is 4.16. The monoisotopic (exact) mass is 430 g/mol. The van der Waals surface area contributed by atoms with Crippen molar-refractivity contribution in [3.63, 3.8) is 0 Å². The van der Waals surface area contributed by atoms with Gasteiger partial charge in [-0.1, -0.05) is 35.9 Å². The molecule has 1 aliphatic heterocycles. The molecule has 1 aromatic heterocycles. The Morgan fingerprint density at radius 1 is 0.969 bits per heavy atom. The molecular formula is C26H30N4O2. The standard InChI is InChI=1S/C26H30N4O2/c1-18-8-10-21(11-9-18)16-24-19(2)27-20(3)28-25(24)29-12-14-30(15-13-29)26(31)22-6-5-7-23(17-22)32-4/h5-11,17H,12-16H2,1-4H3. The number of anilines is 1. The predicted octanol–water partition coefficient (Wildman–Crippen LogP) is 3.96.